The number of carbonyl (C=O) groups is 3. The number of benzene rings is 2. The molecule has 2 aromatic carbocycles. The Morgan fingerprint density at radius 2 is 1.64 bits per heavy atom. The van der Waals surface area contributed by atoms with Crippen LogP contribution in [0.25, 0.3) is 0 Å². The maximum Gasteiger partial charge on any atom is 0.261 e. The van der Waals surface area contributed by atoms with E-state index in [4.69, 9.17) is 14.2 Å². The number of hydrogen-bond donors (Lipinski definition) is 1. The first-order valence-electron chi connectivity index (χ1n) is 12.6. The predicted octanol–water partition coefficient (Wildman–Crippen LogP) is 3.97. The number of nitrogens with zero attached hydrogens (tertiary/aromatic N) is 2. The third-order valence-electron chi connectivity index (χ3n) is 6.23. The van der Waals surface area contributed by atoms with E-state index >= 15 is 0 Å². The average Bonchev–Trinajstić information content (AvgIpc) is 3.13. The van der Waals surface area contributed by atoms with Gasteiger partial charge in [0.25, 0.3) is 17.7 Å². The summed E-state index contributed by atoms with van der Waals surface area (Å²) in [6, 6.07) is 8.25. The molecule has 0 aliphatic carbocycles. The molecule has 0 aromatic heterocycles. The fraction of sp³-hybridized carbons (Fsp3) is 0.444. The number of fused-ring (bicyclic) bond motifs is 1. The summed E-state index contributed by atoms with van der Waals surface area (Å²) < 4.78 is 17.2. The van der Waals surface area contributed by atoms with Crippen LogP contribution in [0.1, 0.15) is 64.7 Å². The lowest BCUT2D eigenvalue weighted by atomic mass is 10.1. The molecular weight excluding hydrogens is 462 g/mol. The Bertz CT molecular complexity index is 1140. The molecule has 0 unspecified atom stereocenters. The van der Waals surface area contributed by atoms with Gasteiger partial charge in [-0.3, -0.25) is 19.3 Å². The first kappa shape index (κ1) is 25.5. The molecule has 9 heteroatoms. The van der Waals surface area contributed by atoms with Gasteiger partial charge in [-0.1, -0.05) is 13.3 Å². The first-order chi connectivity index (χ1) is 17.5. The van der Waals surface area contributed by atoms with Crippen LogP contribution < -0.4 is 19.7 Å². The van der Waals surface area contributed by atoms with E-state index in [-0.39, 0.29) is 22.9 Å². The number of anilines is 2. The zero-order chi connectivity index (χ0) is 25.7. The van der Waals surface area contributed by atoms with Gasteiger partial charge in [-0.25, -0.2) is 0 Å². The van der Waals surface area contributed by atoms with Crippen molar-refractivity contribution in [2.24, 2.45) is 0 Å². The number of ether oxygens (including phenoxy) is 3. The van der Waals surface area contributed by atoms with E-state index in [1.54, 1.807) is 18.2 Å². The molecular formula is C27H33N3O6. The normalized spacial score (nSPS) is 15.2. The minimum Gasteiger partial charge on any atom is -0.492 e. The molecule has 2 heterocycles. The molecule has 0 radical (unpaired) electrons. The minimum absolute atomic E-state index is 0.256. The SMILES string of the molecule is CCCCN1C(=O)c2ccc(C(=O)Nc3cc(OCC)c(N4CCOCC4)cc3OCC)cc2C1=O. The first-order valence-corrected chi connectivity index (χ1v) is 12.6. The number of rotatable bonds is 10. The molecule has 192 valence electrons. The second-order valence-corrected chi connectivity index (χ2v) is 8.61. The van der Waals surface area contributed by atoms with Crippen molar-refractivity contribution in [3.63, 3.8) is 0 Å². The summed E-state index contributed by atoms with van der Waals surface area (Å²) in [7, 11) is 0. The van der Waals surface area contributed by atoms with Crippen LogP contribution >= 0.6 is 0 Å². The highest BCUT2D eigenvalue weighted by molar-refractivity contribution is 6.22. The Morgan fingerprint density at radius 1 is 0.944 bits per heavy atom. The van der Waals surface area contributed by atoms with E-state index in [1.165, 1.54) is 11.0 Å². The topological polar surface area (TPSA) is 97.4 Å². The van der Waals surface area contributed by atoms with Crippen molar-refractivity contribution >= 4 is 29.1 Å². The van der Waals surface area contributed by atoms with Crippen molar-refractivity contribution in [2.45, 2.75) is 33.6 Å². The van der Waals surface area contributed by atoms with Crippen molar-refractivity contribution < 1.29 is 28.6 Å². The quantitative estimate of drug-likeness (QED) is 0.498. The van der Waals surface area contributed by atoms with Crippen LogP contribution in [0.5, 0.6) is 11.5 Å². The molecule has 0 spiro atoms. The van der Waals surface area contributed by atoms with E-state index in [0.29, 0.717) is 55.7 Å². The van der Waals surface area contributed by atoms with Crippen LogP contribution in [0.2, 0.25) is 0 Å². The van der Waals surface area contributed by atoms with Gasteiger partial charge in [0.2, 0.25) is 0 Å². The van der Waals surface area contributed by atoms with Gasteiger partial charge in [-0.2, -0.15) is 0 Å². The number of imide groups is 1. The molecule has 1 N–H and O–H groups in total. The summed E-state index contributed by atoms with van der Waals surface area (Å²) in [5.74, 6) is 0.0803. The van der Waals surface area contributed by atoms with Gasteiger partial charge in [0.15, 0.2) is 0 Å². The lowest BCUT2D eigenvalue weighted by Crippen LogP contribution is -2.36. The standard InChI is InChI=1S/C27H33N3O6/c1-4-7-10-30-26(32)19-9-8-18(15-20(19)27(30)33)25(31)28-21-16-24(36-6-3)22(17-23(21)35-5-2)29-11-13-34-14-12-29/h8-9,15-17H,4-7,10-14H2,1-3H3,(H,28,31). The Labute approximate surface area is 211 Å². The molecule has 9 nitrogen and oxygen atoms in total. The van der Waals surface area contributed by atoms with Gasteiger partial charge in [-0.05, 0) is 38.5 Å². The molecule has 2 aliphatic rings. The summed E-state index contributed by atoms with van der Waals surface area (Å²) in [5.41, 5.74) is 2.22. The lowest BCUT2D eigenvalue weighted by Gasteiger charge is -2.31. The van der Waals surface area contributed by atoms with Gasteiger partial charge in [-0.15, -0.1) is 0 Å². The number of amides is 3. The summed E-state index contributed by atoms with van der Waals surface area (Å²) in [6.45, 7) is 9.76. The second kappa shape index (κ2) is 11.4. The third-order valence-corrected chi connectivity index (χ3v) is 6.23. The third kappa shape index (κ3) is 5.16. The molecule has 4 rings (SSSR count). The van der Waals surface area contributed by atoms with Gasteiger partial charge in [0.1, 0.15) is 11.5 Å². The van der Waals surface area contributed by atoms with Crippen LogP contribution in [0.3, 0.4) is 0 Å². The average molecular weight is 496 g/mol. The molecule has 2 aliphatic heterocycles. The molecule has 2 aromatic rings. The summed E-state index contributed by atoms with van der Waals surface area (Å²) in [4.78, 5) is 42.1. The van der Waals surface area contributed by atoms with Crippen molar-refractivity contribution in [2.75, 3.05) is 56.3 Å². The second-order valence-electron chi connectivity index (χ2n) is 8.61. The molecule has 36 heavy (non-hydrogen) atoms. The highest BCUT2D eigenvalue weighted by Crippen LogP contribution is 2.39. The van der Waals surface area contributed by atoms with E-state index in [2.05, 4.69) is 10.2 Å². The van der Waals surface area contributed by atoms with Crippen molar-refractivity contribution in [3.8, 4) is 11.5 Å². The summed E-state index contributed by atoms with van der Waals surface area (Å²) >= 11 is 0. The highest BCUT2D eigenvalue weighted by Gasteiger charge is 2.35. The van der Waals surface area contributed by atoms with Crippen molar-refractivity contribution in [3.05, 3.63) is 47.0 Å². The van der Waals surface area contributed by atoms with Crippen LogP contribution in [-0.2, 0) is 4.74 Å². The van der Waals surface area contributed by atoms with E-state index in [0.717, 1.165) is 31.6 Å². The Morgan fingerprint density at radius 3 is 2.33 bits per heavy atom. The molecule has 0 saturated carbocycles. The minimum atomic E-state index is -0.410. The highest BCUT2D eigenvalue weighted by atomic mass is 16.5. The predicted molar refractivity (Wildman–Crippen MR) is 136 cm³/mol. The fourth-order valence-electron chi connectivity index (χ4n) is 4.39. The van der Waals surface area contributed by atoms with Gasteiger partial charge in [0.05, 0.1) is 48.9 Å². The summed E-state index contributed by atoms with van der Waals surface area (Å²) in [6.07, 6.45) is 1.61. The molecule has 0 atom stereocenters. The van der Waals surface area contributed by atoms with E-state index in [9.17, 15) is 14.4 Å². The van der Waals surface area contributed by atoms with Gasteiger partial charge in [0, 0.05) is 37.3 Å². The molecule has 1 fully saturated rings. The zero-order valence-corrected chi connectivity index (χ0v) is 21.1. The number of carbonyl (C=O) groups excluding carboxylic acids is 3. The van der Waals surface area contributed by atoms with Crippen LogP contribution in [0.15, 0.2) is 30.3 Å². The zero-order valence-electron chi connectivity index (χ0n) is 21.1. The lowest BCUT2D eigenvalue weighted by molar-refractivity contribution is 0.0652. The van der Waals surface area contributed by atoms with Gasteiger partial charge < -0.3 is 24.4 Å². The maximum atomic E-state index is 13.2. The smallest absolute Gasteiger partial charge is 0.261 e. The molecule has 1 saturated heterocycles. The molecule has 0 bridgehead atoms. The number of nitrogens with one attached hydrogen (secondary N) is 1. The summed E-state index contributed by atoms with van der Waals surface area (Å²) in [5, 5.41) is 2.91. The van der Waals surface area contributed by atoms with Crippen LogP contribution in [0, 0.1) is 0 Å². The van der Waals surface area contributed by atoms with Gasteiger partial charge >= 0.3 is 0 Å². The largest absolute Gasteiger partial charge is 0.492 e. The maximum absolute atomic E-state index is 13.2. The number of morpholine rings is 1. The molecule has 3 amide bonds. The number of unbranched alkanes of at least 4 members (excludes halogenated alkanes) is 1. The monoisotopic (exact) mass is 495 g/mol. The van der Waals surface area contributed by atoms with Crippen LogP contribution in [0.4, 0.5) is 11.4 Å². The Kier molecular flexibility index (Phi) is 8.10. The van der Waals surface area contributed by atoms with Crippen LogP contribution in [-0.4, -0.2) is 68.7 Å². The number of hydrogen-bond acceptors (Lipinski definition) is 7. The van der Waals surface area contributed by atoms with E-state index in [1.807, 2.05) is 26.8 Å². The van der Waals surface area contributed by atoms with Crippen molar-refractivity contribution in [1.82, 2.24) is 4.90 Å². The fourth-order valence-corrected chi connectivity index (χ4v) is 4.39. The Balaban J connectivity index is 1.61. The van der Waals surface area contributed by atoms with E-state index < -0.39 is 5.91 Å². The Hall–Kier alpha value is -3.59. The van der Waals surface area contributed by atoms with Crippen molar-refractivity contribution in [1.29, 1.82) is 0 Å².